The highest BCUT2D eigenvalue weighted by molar-refractivity contribution is 8.20. The summed E-state index contributed by atoms with van der Waals surface area (Å²) >= 11 is 23.2. The van der Waals surface area contributed by atoms with E-state index >= 15 is 0 Å². The van der Waals surface area contributed by atoms with Gasteiger partial charge in [-0.3, -0.25) is 0 Å². The van der Waals surface area contributed by atoms with Gasteiger partial charge in [0.1, 0.15) is 0 Å². The molecule has 4 nitrogen and oxygen atoms in total. The van der Waals surface area contributed by atoms with Crippen LogP contribution in [0.2, 0.25) is 0 Å². The topological polar surface area (TPSA) is 46.3 Å². The highest BCUT2D eigenvalue weighted by Crippen LogP contribution is 2.84. The summed E-state index contributed by atoms with van der Waals surface area (Å²) in [7, 11) is -0.894. The van der Waals surface area contributed by atoms with Crippen LogP contribution in [0.5, 0.6) is 0 Å². The Morgan fingerprint density at radius 3 is 1.77 bits per heavy atom. The van der Waals surface area contributed by atoms with Crippen LogP contribution in [-0.4, -0.2) is 13.8 Å². The van der Waals surface area contributed by atoms with Crippen molar-refractivity contribution in [3.8, 4) is 0 Å². The van der Waals surface area contributed by atoms with Gasteiger partial charge in [0, 0.05) is 13.8 Å². The van der Waals surface area contributed by atoms with E-state index in [0.717, 1.165) is 0 Å². The van der Waals surface area contributed by atoms with Gasteiger partial charge < -0.3 is 4.52 Å². The van der Waals surface area contributed by atoms with Crippen molar-refractivity contribution >= 4 is 64.2 Å². The third-order valence-corrected chi connectivity index (χ3v) is 12.8. The van der Waals surface area contributed by atoms with Gasteiger partial charge in [-0.25, -0.2) is 0 Å². The van der Waals surface area contributed by atoms with Gasteiger partial charge >= 0.3 is 0 Å². The van der Waals surface area contributed by atoms with E-state index in [0.29, 0.717) is 0 Å². The predicted molar refractivity (Wildman–Crippen MR) is 64.4 cm³/mol. The third kappa shape index (κ3) is 3.70. The van der Waals surface area contributed by atoms with Crippen LogP contribution in [0.4, 0.5) is 0 Å². The molecule has 0 aliphatic carbocycles. The number of nitrogens with zero attached hydrogens (tertiary/aromatic N) is 3. The molecule has 13 heavy (non-hydrogen) atoms. The van der Waals surface area contributed by atoms with Crippen molar-refractivity contribution in [3.63, 3.8) is 0 Å². The molecule has 0 aromatic carbocycles. The Balaban J connectivity index is 3.44. The zero-order valence-corrected chi connectivity index (χ0v) is 12.3. The summed E-state index contributed by atoms with van der Waals surface area (Å²) in [5.74, 6) is -5.57. The molecule has 78 valence electrons. The molecule has 0 amide bonds. The van der Waals surface area contributed by atoms with Crippen molar-refractivity contribution < 1.29 is 4.52 Å². The molecule has 0 N–H and O–H groups in total. The van der Waals surface area contributed by atoms with E-state index in [2.05, 4.69) is 13.5 Å². The average molecular weight is 323 g/mol. The number of hydrogen-bond donors (Lipinski definition) is 0. The van der Waals surface area contributed by atoms with Crippen LogP contribution in [-0.2, 0) is 4.52 Å². The zero-order chi connectivity index (χ0) is 10.3. The first kappa shape index (κ1) is 12.9. The van der Waals surface area contributed by atoms with Crippen molar-refractivity contribution in [1.29, 1.82) is 0 Å². The fourth-order valence-corrected chi connectivity index (χ4v) is 16.2. The SMILES string of the molecule is COP1(C)=NP(Cl)(Cl)=NP(Cl)(Cl)=N1. The van der Waals surface area contributed by atoms with Crippen LogP contribution in [0.3, 0.4) is 0 Å². The molecule has 1 unspecified atom stereocenters. The van der Waals surface area contributed by atoms with Crippen LogP contribution >= 0.6 is 64.2 Å². The highest BCUT2D eigenvalue weighted by atomic mass is 35.9. The molecule has 0 bridgehead atoms. The van der Waals surface area contributed by atoms with Crippen LogP contribution in [0.1, 0.15) is 0 Å². The molecule has 1 rings (SSSR count). The first-order chi connectivity index (χ1) is 5.68. The highest BCUT2D eigenvalue weighted by Gasteiger charge is 2.30. The molecule has 0 fully saturated rings. The predicted octanol–water partition coefficient (Wildman–Crippen LogP) is 6.16. The summed E-state index contributed by atoms with van der Waals surface area (Å²) < 4.78 is 16.9. The Labute approximate surface area is 95.8 Å². The first-order valence-corrected chi connectivity index (χ1v) is 12.0. The van der Waals surface area contributed by atoms with Gasteiger partial charge in [0.15, 0.2) is 0 Å². The number of halogens is 4. The number of hydrogen-bond acceptors (Lipinski definition) is 4. The van der Waals surface area contributed by atoms with Gasteiger partial charge in [-0.2, -0.15) is 13.5 Å². The summed E-state index contributed by atoms with van der Waals surface area (Å²) in [6.07, 6.45) is 0. The minimum atomic E-state index is -2.79. The number of rotatable bonds is 1. The lowest BCUT2D eigenvalue weighted by molar-refractivity contribution is 0.458. The summed E-state index contributed by atoms with van der Waals surface area (Å²) in [5, 5.41) is 0. The third-order valence-electron chi connectivity index (χ3n) is 1.11. The second-order valence-corrected chi connectivity index (χ2v) is 14.9. The Morgan fingerprint density at radius 1 is 0.923 bits per heavy atom. The van der Waals surface area contributed by atoms with Crippen molar-refractivity contribution in [2.75, 3.05) is 13.8 Å². The Kier molecular flexibility index (Phi) is 3.96. The molecule has 0 spiro atoms. The molecule has 0 saturated heterocycles. The molecule has 0 aromatic rings. The minimum Gasteiger partial charge on any atom is -0.331 e. The Hall–Kier alpha value is 1.81. The van der Waals surface area contributed by atoms with Crippen LogP contribution in [0, 0.1) is 0 Å². The van der Waals surface area contributed by atoms with E-state index in [1.165, 1.54) is 7.11 Å². The molecule has 1 aliphatic heterocycles. The van der Waals surface area contributed by atoms with Crippen LogP contribution in [0.15, 0.2) is 13.5 Å². The summed E-state index contributed by atoms with van der Waals surface area (Å²) in [6.45, 7) is 1.68. The Morgan fingerprint density at radius 2 is 1.38 bits per heavy atom. The largest absolute Gasteiger partial charge is 0.331 e. The first-order valence-electron chi connectivity index (χ1n) is 2.91. The maximum Gasteiger partial charge on any atom is 0.257 e. The lowest BCUT2D eigenvalue weighted by Gasteiger charge is -2.21. The maximum atomic E-state index is 5.81. The van der Waals surface area contributed by atoms with Gasteiger partial charge in [-0.1, -0.05) is 0 Å². The standard InChI is InChI=1S/C2H6Cl4N3OP3/c1-10-11(2)7-12(3,4)9-13(5,6)8-11/h1-2H3. The summed E-state index contributed by atoms with van der Waals surface area (Å²) in [5.41, 5.74) is 0. The summed E-state index contributed by atoms with van der Waals surface area (Å²) in [6, 6.07) is 0. The Bertz CT molecular complexity index is 371. The van der Waals surface area contributed by atoms with Gasteiger partial charge in [0.05, 0.1) is 0 Å². The molecule has 1 aliphatic rings. The lowest BCUT2D eigenvalue weighted by atomic mass is 11.8. The molecule has 0 radical (unpaired) electrons. The van der Waals surface area contributed by atoms with Gasteiger partial charge in [-0.15, -0.1) is 0 Å². The van der Waals surface area contributed by atoms with Gasteiger partial charge in [0.2, 0.25) is 7.43 Å². The lowest BCUT2D eigenvalue weighted by Crippen LogP contribution is -1.79. The van der Waals surface area contributed by atoms with E-state index < -0.39 is 19.3 Å². The van der Waals surface area contributed by atoms with E-state index in [9.17, 15) is 0 Å². The molecule has 0 saturated carbocycles. The minimum absolute atomic E-state index is 1.47. The monoisotopic (exact) mass is 321 g/mol. The van der Waals surface area contributed by atoms with Crippen molar-refractivity contribution in [2.45, 2.75) is 0 Å². The van der Waals surface area contributed by atoms with E-state index in [1.54, 1.807) is 6.66 Å². The van der Waals surface area contributed by atoms with E-state index in [-0.39, 0.29) is 0 Å². The normalized spacial score (nSPS) is 35.5. The second kappa shape index (κ2) is 4.00. The van der Waals surface area contributed by atoms with Crippen LogP contribution in [0.25, 0.3) is 0 Å². The quantitative estimate of drug-likeness (QED) is 0.533. The van der Waals surface area contributed by atoms with E-state index in [4.69, 9.17) is 49.5 Å². The molecule has 11 heteroatoms. The molecule has 1 heterocycles. The zero-order valence-electron chi connectivity index (χ0n) is 6.60. The molecular formula is C2H6Cl4N3OP3. The van der Waals surface area contributed by atoms with Crippen molar-refractivity contribution in [1.82, 2.24) is 0 Å². The van der Waals surface area contributed by atoms with Gasteiger partial charge in [-0.05, 0) is 45.0 Å². The molecule has 0 aromatic heterocycles. The maximum absolute atomic E-state index is 5.81. The molecule has 1 atom stereocenters. The van der Waals surface area contributed by atoms with Crippen LogP contribution < -0.4 is 0 Å². The fraction of sp³-hybridized carbons (Fsp3) is 1.00. The smallest absolute Gasteiger partial charge is 0.257 e. The fourth-order valence-electron chi connectivity index (χ4n) is 0.656. The van der Waals surface area contributed by atoms with Crippen molar-refractivity contribution in [2.24, 2.45) is 13.5 Å². The van der Waals surface area contributed by atoms with E-state index in [1.807, 2.05) is 0 Å². The van der Waals surface area contributed by atoms with Gasteiger partial charge in [0.25, 0.3) is 11.8 Å². The summed E-state index contributed by atoms with van der Waals surface area (Å²) in [4.78, 5) is 0. The average Bonchev–Trinajstić information content (AvgIpc) is 1.79. The molecular weight excluding hydrogens is 317 g/mol. The van der Waals surface area contributed by atoms with Crippen molar-refractivity contribution in [3.05, 3.63) is 0 Å². The second-order valence-electron chi connectivity index (χ2n) is 2.20.